The van der Waals surface area contributed by atoms with Crippen LogP contribution in [0.3, 0.4) is 0 Å². The van der Waals surface area contributed by atoms with Gasteiger partial charge in [-0.3, -0.25) is 4.79 Å². The van der Waals surface area contributed by atoms with E-state index in [9.17, 15) is 13.2 Å². The third kappa shape index (κ3) is 4.17. The summed E-state index contributed by atoms with van der Waals surface area (Å²) in [5.41, 5.74) is 2.06. The lowest BCUT2D eigenvalue weighted by Gasteiger charge is -2.23. The molecule has 2 aromatic carbocycles. The normalized spacial score (nSPS) is 17.5. The molecular weight excluding hydrogens is 438 g/mol. The molecule has 0 saturated carbocycles. The number of hydrogen-bond donors (Lipinski definition) is 1. The van der Waals surface area contributed by atoms with Crippen LogP contribution in [0.1, 0.15) is 38.3 Å². The van der Waals surface area contributed by atoms with E-state index in [1.807, 2.05) is 32.0 Å². The SMILES string of the molecule is CC(C)n1nnc2cc(S(=O)(=O)N3CCCC3C(=O)NCc3ccccc3Cl)ccc21. The number of hydrogen-bond acceptors (Lipinski definition) is 5. The van der Waals surface area contributed by atoms with Gasteiger partial charge in [-0.1, -0.05) is 35.0 Å². The van der Waals surface area contributed by atoms with Crippen LogP contribution >= 0.6 is 11.6 Å². The summed E-state index contributed by atoms with van der Waals surface area (Å²) in [6.45, 7) is 4.50. The Morgan fingerprint density at radius 1 is 1.26 bits per heavy atom. The third-order valence-corrected chi connectivity index (χ3v) is 7.73. The van der Waals surface area contributed by atoms with E-state index < -0.39 is 16.1 Å². The van der Waals surface area contributed by atoms with E-state index in [2.05, 4.69) is 15.6 Å². The van der Waals surface area contributed by atoms with E-state index in [1.54, 1.807) is 22.9 Å². The standard InChI is InChI=1S/C21H24ClN5O3S/c1-14(2)27-19-10-9-16(12-18(19)24-25-27)31(29,30)26-11-5-8-20(26)21(28)23-13-15-6-3-4-7-17(15)22/h3-4,6-7,9-10,12,14,20H,5,8,11,13H2,1-2H3,(H,23,28). The predicted octanol–water partition coefficient (Wildman–Crippen LogP) is 3.14. The highest BCUT2D eigenvalue weighted by Crippen LogP contribution is 2.28. The average Bonchev–Trinajstić information content (AvgIpc) is 3.40. The molecule has 1 amide bonds. The van der Waals surface area contributed by atoms with Gasteiger partial charge in [0.15, 0.2) is 0 Å². The lowest BCUT2D eigenvalue weighted by Crippen LogP contribution is -2.45. The van der Waals surface area contributed by atoms with Crippen molar-refractivity contribution in [1.29, 1.82) is 0 Å². The average molecular weight is 462 g/mol. The summed E-state index contributed by atoms with van der Waals surface area (Å²) in [6, 6.07) is 11.4. The van der Waals surface area contributed by atoms with Gasteiger partial charge in [-0.25, -0.2) is 13.1 Å². The van der Waals surface area contributed by atoms with Crippen molar-refractivity contribution in [3.63, 3.8) is 0 Å². The Morgan fingerprint density at radius 3 is 2.77 bits per heavy atom. The van der Waals surface area contributed by atoms with Gasteiger partial charge < -0.3 is 5.32 Å². The number of aromatic nitrogens is 3. The molecule has 4 rings (SSSR count). The number of halogens is 1. The number of nitrogens with one attached hydrogen (secondary N) is 1. The maximum atomic E-state index is 13.3. The van der Waals surface area contributed by atoms with Crippen LogP contribution in [0.15, 0.2) is 47.4 Å². The molecule has 0 bridgehead atoms. The highest BCUT2D eigenvalue weighted by molar-refractivity contribution is 7.89. The van der Waals surface area contributed by atoms with Gasteiger partial charge in [-0.15, -0.1) is 5.10 Å². The summed E-state index contributed by atoms with van der Waals surface area (Å²) < 4.78 is 29.7. The minimum absolute atomic E-state index is 0.109. The molecule has 1 fully saturated rings. The summed E-state index contributed by atoms with van der Waals surface area (Å²) >= 11 is 6.15. The summed E-state index contributed by atoms with van der Waals surface area (Å²) in [6.07, 6.45) is 1.09. The molecule has 3 aromatic rings. The van der Waals surface area contributed by atoms with Crippen LogP contribution in [0.5, 0.6) is 0 Å². The van der Waals surface area contributed by atoms with Crippen LogP contribution in [-0.4, -0.2) is 46.2 Å². The molecule has 0 radical (unpaired) electrons. The van der Waals surface area contributed by atoms with Gasteiger partial charge in [0.05, 0.1) is 10.4 Å². The van der Waals surface area contributed by atoms with E-state index in [1.165, 1.54) is 10.4 Å². The molecule has 1 saturated heterocycles. The van der Waals surface area contributed by atoms with Crippen LogP contribution in [0.4, 0.5) is 0 Å². The minimum Gasteiger partial charge on any atom is -0.351 e. The Labute approximate surface area is 186 Å². The first-order valence-corrected chi connectivity index (χ1v) is 12.0. The zero-order valence-corrected chi connectivity index (χ0v) is 18.9. The maximum absolute atomic E-state index is 13.3. The predicted molar refractivity (Wildman–Crippen MR) is 118 cm³/mol. The molecular formula is C21H24ClN5O3S. The molecule has 8 nitrogen and oxygen atoms in total. The molecule has 1 N–H and O–H groups in total. The first-order chi connectivity index (χ1) is 14.8. The monoisotopic (exact) mass is 461 g/mol. The van der Waals surface area contributed by atoms with Gasteiger partial charge in [0.1, 0.15) is 11.6 Å². The number of fused-ring (bicyclic) bond motifs is 1. The van der Waals surface area contributed by atoms with Crippen molar-refractivity contribution in [3.8, 4) is 0 Å². The second kappa shape index (κ2) is 8.57. The second-order valence-electron chi connectivity index (χ2n) is 7.86. The fourth-order valence-electron chi connectivity index (χ4n) is 3.83. The van der Waals surface area contributed by atoms with Gasteiger partial charge in [0.2, 0.25) is 15.9 Å². The Morgan fingerprint density at radius 2 is 2.03 bits per heavy atom. The lowest BCUT2D eigenvalue weighted by atomic mass is 10.2. The highest BCUT2D eigenvalue weighted by atomic mass is 35.5. The van der Waals surface area contributed by atoms with Crippen LogP contribution in [0, 0.1) is 0 Å². The van der Waals surface area contributed by atoms with Gasteiger partial charge in [-0.05, 0) is 56.5 Å². The Balaban J connectivity index is 1.55. The molecule has 10 heteroatoms. The first kappa shape index (κ1) is 21.7. The van der Waals surface area contributed by atoms with Gasteiger partial charge >= 0.3 is 0 Å². The number of nitrogens with zero attached hydrogens (tertiary/aromatic N) is 4. The van der Waals surface area contributed by atoms with Crippen molar-refractivity contribution in [2.45, 2.75) is 50.2 Å². The molecule has 2 heterocycles. The minimum atomic E-state index is -3.86. The lowest BCUT2D eigenvalue weighted by molar-refractivity contribution is -0.124. The quantitative estimate of drug-likeness (QED) is 0.608. The van der Waals surface area contributed by atoms with E-state index >= 15 is 0 Å². The molecule has 31 heavy (non-hydrogen) atoms. The summed E-state index contributed by atoms with van der Waals surface area (Å²) in [7, 11) is -3.86. The maximum Gasteiger partial charge on any atom is 0.243 e. The van der Waals surface area contributed by atoms with E-state index in [4.69, 9.17) is 11.6 Å². The molecule has 1 aromatic heterocycles. The van der Waals surface area contributed by atoms with Crippen molar-refractivity contribution in [1.82, 2.24) is 24.6 Å². The van der Waals surface area contributed by atoms with E-state index in [0.717, 1.165) is 11.1 Å². The number of benzene rings is 2. The molecule has 164 valence electrons. The largest absolute Gasteiger partial charge is 0.351 e. The van der Waals surface area contributed by atoms with E-state index in [0.29, 0.717) is 29.9 Å². The van der Waals surface area contributed by atoms with Crippen LogP contribution in [0.25, 0.3) is 11.0 Å². The van der Waals surface area contributed by atoms with Crippen molar-refractivity contribution in [2.24, 2.45) is 0 Å². The first-order valence-electron chi connectivity index (χ1n) is 10.2. The highest BCUT2D eigenvalue weighted by Gasteiger charge is 2.39. The van der Waals surface area contributed by atoms with Gasteiger partial charge in [-0.2, -0.15) is 4.31 Å². The molecule has 1 unspecified atom stereocenters. The smallest absolute Gasteiger partial charge is 0.243 e. The van der Waals surface area contributed by atoms with Crippen molar-refractivity contribution in [3.05, 3.63) is 53.1 Å². The number of carbonyl (C=O) groups excluding carboxylic acids is 1. The fourth-order valence-corrected chi connectivity index (χ4v) is 5.71. The van der Waals surface area contributed by atoms with Crippen molar-refractivity contribution in [2.75, 3.05) is 6.54 Å². The van der Waals surface area contributed by atoms with Gasteiger partial charge in [0, 0.05) is 24.2 Å². The Hall–Kier alpha value is -2.49. The number of rotatable bonds is 6. The van der Waals surface area contributed by atoms with E-state index in [-0.39, 0.29) is 23.4 Å². The number of carbonyl (C=O) groups is 1. The van der Waals surface area contributed by atoms with Crippen molar-refractivity contribution >= 4 is 38.6 Å². The molecule has 0 aliphatic carbocycles. The zero-order chi connectivity index (χ0) is 22.2. The molecule has 1 aliphatic rings. The molecule has 1 aliphatic heterocycles. The van der Waals surface area contributed by atoms with Crippen LogP contribution in [-0.2, 0) is 21.4 Å². The van der Waals surface area contributed by atoms with Crippen LogP contribution in [0.2, 0.25) is 5.02 Å². The fraction of sp³-hybridized carbons (Fsp3) is 0.381. The number of amides is 1. The Kier molecular flexibility index (Phi) is 6.00. The topological polar surface area (TPSA) is 97.2 Å². The third-order valence-electron chi connectivity index (χ3n) is 5.46. The summed E-state index contributed by atoms with van der Waals surface area (Å²) in [5.74, 6) is -0.326. The van der Waals surface area contributed by atoms with Crippen molar-refractivity contribution < 1.29 is 13.2 Å². The summed E-state index contributed by atoms with van der Waals surface area (Å²) in [5, 5.41) is 11.6. The zero-order valence-electron chi connectivity index (χ0n) is 17.3. The second-order valence-corrected chi connectivity index (χ2v) is 10.2. The van der Waals surface area contributed by atoms with Crippen LogP contribution < -0.4 is 5.32 Å². The number of sulfonamides is 1. The Bertz CT molecular complexity index is 1220. The molecule has 0 spiro atoms. The summed E-state index contributed by atoms with van der Waals surface area (Å²) in [4.78, 5) is 12.9. The van der Waals surface area contributed by atoms with Gasteiger partial charge in [0.25, 0.3) is 0 Å². The molecule has 1 atom stereocenters.